The first kappa shape index (κ1) is 13.5. The number of methoxy groups -OCH3 is 1. The lowest BCUT2D eigenvalue weighted by Gasteiger charge is -2.27. The Balaban J connectivity index is 2.51. The Morgan fingerprint density at radius 2 is 1.53 bits per heavy atom. The quantitative estimate of drug-likeness (QED) is 0.923. The summed E-state index contributed by atoms with van der Waals surface area (Å²) in [4.78, 5) is 0. The highest BCUT2D eigenvalue weighted by atomic mass is 19.1. The van der Waals surface area contributed by atoms with Crippen LogP contribution in [0.15, 0.2) is 42.5 Å². The van der Waals surface area contributed by atoms with Crippen LogP contribution in [-0.2, 0) is 5.54 Å². The molecule has 0 aliphatic rings. The minimum absolute atomic E-state index is 0.139. The molecule has 4 heteroatoms. The van der Waals surface area contributed by atoms with Gasteiger partial charge in [0.1, 0.15) is 17.4 Å². The average Bonchev–Trinajstić information content (AvgIpc) is 2.38. The molecule has 0 aromatic heterocycles. The Hall–Kier alpha value is -1.94. The van der Waals surface area contributed by atoms with Crippen LogP contribution in [0.3, 0.4) is 0 Å². The highest BCUT2D eigenvalue weighted by molar-refractivity contribution is 5.40. The van der Waals surface area contributed by atoms with Crippen molar-refractivity contribution in [1.29, 1.82) is 0 Å². The largest absolute Gasteiger partial charge is 0.497 e. The van der Waals surface area contributed by atoms with E-state index in [9.17, 15) is 8.78 Å². The molecule has 0 aliphatic carbocycles. The Bertz CT molecular complexity index is 559. The summed E-state index contributed by atoms with van der Waals surface area (Å²) in [5.74, 6) is -0.643. The fourth-order valence-corrected chi connectivity index (χ4v) is 2.08. The SMILES string of the molecule is COc1ccc(C(C)(N)c2c(F)cccc2F)cc1. The molecule has 1 unspecified atom stereocenters. The van der Waals surface area contributed by atoms with Gasteiger partial charge in [0, 0.05) is 5.56 Å². The second-order valence-electron chi connectivity index (χ2n) is 4.53. The van der Waals surface area contributed by atoms with Crippen molar-refractivity contribution in [1.82, 2.24) is 0 Å². The van der Waals surface area contributed by atoms with Crippen molar-refractivity contribution in [2.45, 2.75) is 12.5 Å². The molecule has 2 aromatic rings. The Labute approximate surface area is 110 Å². The van der Waals surface area contributed by atoms with Crippen LogP contribution in [0, 0.1) is 11.6 Å². The molecule has 0 fully saturated rings. The van der Waals surface area contributed by atoms with Crippen LogP contribution in [0.25, 0.3) is 0 Å². The van der Waals surface area contributed by atoms with Gasteiger partial charge in [-0.2, -0.15) is 0 Å². The summed E-state index contributed by atoms with van der Waals surface area (Å²) in [6.45, 7) is 1.58. The smallest absolute Gasteiger partial charge is 0.131 e. The minimum atomic E-state index is -1.25. The van der Waals surface area contributed by atoms with Crippen molar-refractivity contribution >= 4 is 0 Å². The van der Waals surface area contributed by atoms with Crippen molar-refractivity contribution in [3.05, 3.63) is 65.2 Å². The van der Waals surface area contributed by atoms with Gasteiger partial charge in [0.15, 0.2) is 0 Å². The zero-order valence-corrected chi connectivity index (χ0v) is 10.8. The molecular weight excluding hydrogens is 248 g/mol. The van der Waals surface area contributed by atoms with Crippen molar-refractivity contribution in [2.24, 2.45) is 5.73 Å². The standard InChI is InChI=1S/C15H15F2NO/c1-15(18,10-6-8-11(19-2)9-7-10)14-12(16)4-3-5-13(14)17/h3-9H,18H2,1-2H3. The maximum Gasteiger partial charge on any atom is 0.131 e. The third-order valence-electron chi connectivity index (χ3n) is 3.17. The maximum atomic E-state index is 13.8. The van der Waals surface area contributed by atoms with Crippen molar-refractivity contribution in [3.63, 3.8) is 0 Å². The van der Waals surface area contributed by atoms with Crippen LogP contribution >= 0.6 is 0 Å². The van der Waals surface area contributed by atoms with Gasteiger partial charge < -0.3 is 10.5 Å². The zero-order valence-electron chi connectivity index (χ0n) is 10.8. The van der Waals surface area contributed by atoms with Crippen LogP contribution in [0.1, 0.15) is 18.1 Å². The van der Waals surface area contributed by atoms with E-state index in [-0.39, 0.29) is 5.56 Å². The van der Waals surface area contributed by atoms with Gasteiger partial charge in [0.2, 0.25) is 0 Å². The maximum absolute atomic E-state index is 13.8. The fourth-order valence-electron chi connectivity index (χ4n) is 2.08. The number of halogens is 2. The van der Waals surface area contributed by atoms with E-state index in [0.29, 0.717) is 11.3 Å². The molecule has 0 saturated heterocycles. The van der Waals surface area contributed by atoms with Gasteiger partial charge in [-0.3, -0.25) is 0 Å². The van der Waals surface area contributed by atoms with Gasteiger partial charge >= 0.3 is 0 Å². The van der Waals surface area contributed by atoms with Crippen molar-refractivity contribution in [2.75, 3.05) is 7.11 Å². The van der Waals surface area contributed by atoms with E-state index in [1.165, 1.54) is 18.2 Å². The molecule has 0 bridgehead atoms. The van der Waals surface area contributed by atoms with Crippen molar-refractivity contribution < 1.29 is 13.5 Å². The topological polar surface area (TPSA) is 35.2 Å². The minimum Gasteiger partial charge on any atom is -0.497 e. The van der Waals surface area contributed by atoms with Crippen molar-refractivity contribution in [3.8, 4) is 5.75 Å². The molecule has 19 heavy (non-hydrogen) atoms. The normalized spacial score (nSPS) is 13.9. The average molecular weight is 263 g/mol. The van der Waals surface area contributed by atoms with E-state index in [1.54, 1.807) is 38.3 Å². The van der Waals surface area contributed by atoms with E-state index < -0.39 is 17.2 Å². The van der Waals surface area contributed by atoms with Crippen LogP contribution in [-0.4, -0.2) is 7.11 Å². The zero-order chi connectivity index (χ0) is 14.0. The van der Waals surface area contributed by atoms with Crippen LogP contribution in [0.2, 0.25) is 0 Å². The number of nitrogens with two attached hydrogens (primary N) is 1. The lowest BCUT2D eigenvalue weighted by atomic mass is 9.85. The van der Waals surface area contributed by atoms with Gasteiger partial charge in [0.25, 0.3) is 0 Å². The first-order chi connectivity index (χ1) is 8.96. The lowest BCUT2D eigenvalue weighted by Crippen LogP contribution is -2.36. The van der Waals surface area contributed by atoms with Crippen LogP contribution in [0.5, 0.6) is 5.75 Å². The summed E-state index contributed by atoms with van der Waals surface area (Å²) in [7, 11) is 1.55. The summed E-state index contributed by atoms with van der Waals surface area (Å²) in [6.07, 6.45) is 0. The number of rotatable bonds is 3. The van der Waals surface area contributed by atoms with E-state index in [2.05, 4.69) is 0 Å². The van der Waals surface area contributed by atoms with Gasteiger partial charge in [-0.15, -0.1) is 0 Å². The highest BCUT2D eigenvalue weighted by Gasteiger charge is 2.30. The van der Waals surface area contributed by atoms with E-state index >= 15 is 0 Å². The molecule has 0 aliphatic heterocycles. The second kappa shape index (κ2) is 4.97. The molecule has 2 nitrogen and oxygen atoms in total. The molecule has 100 valence electrons. The third-order valence-corrected chi connectivity index (χ3v) is 3.17. The molecule has 0 saturated carbocycles. The summed E-state index contributed by atoms with van der Waals surface area (Å²) in [5.41, 5.74) is 5.35. The molecule has 2 rings (SSSR count). The summed E-state index contributed by atoms with van der Waals surface area (Å²) < 4.78 is 32.7. The molecule has 0 heterocycles. The number of hydrogen-bond donors (Lipinski definition) is 1. The molecule has 0 amide bonds. The fraction of sp³-hybridized carbons (Fsp3) is 0.200. The molecule has 2 aromatic carbocycles. The predicted octanol–water partition coefficient (Wildman–Crippen LogP) is 3.20. The number of benzene rings is 2. The third kappa shape index (κ3) is 2.44. The van der Waals surface area contributed by atoms with E-state index in [1.807, 2.05) is 0 Å². The second-order valence-corrected chi connectivity index (χ2v) is 4.53. The van der Waals surface area contributed by atoms with Gasteiger partial charge in [-0.05, 0) is 36.8 Å². The van der Waals surface area contributed by atoms with E-state index in [0.717, 1.165) is 0 Å². The first-order valence-corrected chi connectivity index (χ1v) is 5.84. The number of ether oxygens (including phenoxy) is 1. The highest BCUT2D eigenvalue weighted by Crippen LogP contribution is 2.31. The Morgan fingerprint density at radius 1 is 1.00 bits per heavy atom. The molecular formula is C15H15F2NO. The lowest BCUT2D eigenvalue weighted by molar-refractivity contribution is 0.414. The molecule has 0 radical (unpaired) electrons. The first-order valence-electron chi connectivity index (χ1n) is 5.84. The summed E-state index contributed by atoms with van der Waals surface area (Å²) in [6, 6.07) is 10.5. The molecule has 2 N–H and O–H groups in total. The predicted molar refractivity (Wildman–Crippen MR) is 70.0 cm³/mol. The number of hydrogen-bond acceptors (Lipinski definition) is 2. The van der Waals surface area contributed by atoms with Gasteiger partial charge in [-0.25, -0.2) is 8.78 Å². The molecule has 1 atom stereocenters. The van der Waals surface area contributed by atoms with E-state index in [4.69, 9.17) is 10.5 Å². The van der Waals surface area contributed by atoms with Crippen LogP contribution < -0.4 is 10.5 Å². The van der Waals surface area contributed by atoms with Gasteiger partial charge in [0.05, 0.1) is 12.6 Å². The summed E-state index contributed by atoms with van der Waals surface area (Å²) in [5, 5.41) is 0. The van der Waals surface area contributed by atoms with Gasteiger partial charge in [-0.1, -0.05) is 18.2 Å². The Kier molecular flexibility index (Phi) is 3.53. The van der Waals surface area contributed by atoms with Crippen LogP contribution in [0.4, 0.5) is 8.78 Å². The monoisotopic (exact) mass is 263 g/mol. The summed E-state index contributed by atoms with van der Waals surface area (Å²) >= 11 is 0. The molecule has 0 spiro atoms. The Morgan fingerprint density at radius 3 is 2.00 bits per heavy atom.